The number of likely N-dealkylation sites (N-methyl/N-ethyl adjacent to an activating group) is 1. The molecule has 0 amide bonds. The average Bonchev–Trinajstić information content (AvgIpc) is 2.20. The Kier molecular flexibility index (Phi) is 5.97. The van der Waals surface area contributed by atoms with E-state index in [4.69, 9.17) is 5.11 Å². The van der Waals surface area contributed by atoms with Gasteiger partial charge in [-0.2, -0.15) is 0 Å². The molecule has 7 heteroatoms. The molecule has 0 spiro atoms. The maximum Gasteiger partial charge on any atom is 0.110 e. The van der Waals surface area contributed by atoms with Gasteiger partial charge in [0, 0.05) is 12.0 Å². The largest absolute Gasteiger partial charge is 0.396 e. The van der Waals surface area contributed by atoms with E-state index in [9.17, 15) is 20.4 Å². The van der Waals surface area contributed by atoms with Gasteiger partial charge in [-0.1, -0.05) is 0 Å². The van der Waals surface area contributed by atoms with Crippen LogP contribution in [0.5, 0.6) is 0 Å². The lowest BCUT2D eigenvalue weighted by atomic mass is 9.77. The fraction of sp³-hybridized carbons (Fsp3) is 1.00. The van der Waals surface area contributed by atoms with Crippen LogP contribution in [0.4, 0.5) is 0 Å². The molecular formula is C8H18ClNO5. The molecule has 1 aliphatic carbocycles. The molecule has 0 aromatic carbocycles. The second-order valence-corrected chi connectivity index (χ2v) is 3.62. The topological polar surface area (TPSA) is 113 Å². The molecule has 1 aliphatic rings. The van der Waals surface area contributed by atoms with Crippen molar-refractivity contribution in [3.8, 4) is 0 Å². The van der Waals surface area contributed by atoms with Crippen molar-refractivity contribution in [3.63, 3.8) is 0 Å². The van der Waals surface area contributed by atoms with Gasteiger partial charge in [-0.3, -0.25) is 0 Å². The summed E-state index contributed by atoms with van der Waals surface area (Å²) in [6, 6.07) is -0.631. The van der Waals surface area contributed by atoms with Gasteiger partial charge in [-0.25, -0.2) is 0 Å². The highest BCUT2D eigenvalue weighted by molar-refractivity contribution is 5.85. The van der Waals surface area contributed by atoms with Gasteiger partial charge < -0.3 is 30.8 Å². The Labute approximate surface area is 94.0 Å². The van der Waals surface area contributed by atoms with Gasteiger partial charge in [0.15, 0.2) is 0 Å². The third-order valence-electron chi connectivity index (χ3n) is 2.86. The molecule has 15 heavy (non-hydrogen) atoms. The fourth-order valence-electron chi connectivity index (χ4n) is 1.94. The zero-order chi connectivity index (χ0) is 10.9. The number of aliphatic hydroxyl groups excluding tert-OH is 5. The summed E-state index contributed by atoms with van der Waals surface area (Å²) in [5.41, 5.74) is 0. The molecule has 1 saturated carbocycles. The first-order valence-corrected chi connectivity index (χ1v) is 4.55. The number of halogens is 1. The van der Waals surface area contributed by atoms with E-state index in [1.807, 2.05) is 0 Å². The van der Waals surface area contributed by atoms with Crippen LogP contribution in [-0.4, -0.2) is 69.6 Å². The molecule has 92 valence electrons. The van der Waals surface area contributed by atoms with Crippen molar-refractivity contribution >= 4 is 12.4 Å². The van der Waals surface area contributed by atoms with Crippen molar-refractivity contribution < 1.29 is 25.5 Å². The van der Waals surface area contributed by atoms with Gasteiger partial charge in [-0.05, 0) is 7.05 Å². The Hall–Kier alpha value is 0.0500. The van der Waals surface area contributed by atoms with E-state index in [2.05, 4.69) is 5.32 Å². The maximum absolute atomic E-state index is 9.53. The minimum absolute atomic E-state index is 0. The van der Waals surface area contributed by atoms with E-state index in [1.165, 1.54) is 0 Å². The summed E-state index contributed by atoms with van der Waals surface area (Å²) in [6.07, 6.45) is -5.26. The highest BCUT2D eigenvalue weighted by Gasteiger charge is 2.47. The summed E-state index contributed by atoms with van der Waals surface area (Å²) in [5.74, 6) is -0.687. The molecule has 0 radical (unpaired) electrons. The first kappa shape index (κ1) is 15.0. The van der Waals surface area contributed by atoms with Crippen LogP contribution in [0.25, 0.3) is 0 Å². The van der Waals surface area contributed by atoms with Crippen LogP contribution in [0.15, 0.2) is 0 Å². The summed E-state index contributed by atoms with van der Waals surface area (Å²) >= 11 is 0. The van der Waals surface area contributed by atoms with E-state index in [0.29, 0.717) is 0 Å². The van der Waals surface area contributed by atoms with E-state index in [-0.39, 0.29) is 19.0 Å². The smallest absolute Gasteiger partial charge is 0.110 e. The Bertz CT molecular complexity index is 176. The van der Waals surface area contributed by atoms with Crippen LogP contribution in [0, 0.1) is 5.92 Å². The second kappa shape index (κ2) is 5.95. The third-order valence-corrected chi connectivity index (χ3v) is 2.86. The molecule has 0 aromatic rings. The van der Waals surface area contributed by atoms with Gasteiger partial charge in [0.2, 0.25) is 0 Å². The van der Waals surface area contributed by atoms with Crippen molar-refractivity contribution in [1.29, 1.82) is 0 Å². The summed E-state index contributed by atoms with van der Waals surface area (Å²) in [7, 11) is 1.55. The van der Waals surface area contributed by atoms with Crippen LogP contribution < -0.4 is 5.32 Å². The SMILES string of the molecule is CNC1C(CO)[C@@H](O)[C@H](O)[C@@H](O)[C@H]1O.Cl. The molecule has 1 fully saturated rings. The molecule has 6 atom stereocenters. The lowest BCUT2D eigenvalue weighted by molar-refractivity contribution is -0.175. The first-order valence-electron chi connectivity index (χ1n) is 4.55. The minimum atomic E-state index is -1.42. The summed E-state index contributed by atoms with van der Waals surface area (Å²) in [4.78, 5) is 0. The molecule has 0 heterocycles. The van der Waals surface area contributed by atoms with E-state index >= 15 is 0 Å². The van der Waals surface area contributed by atoms with Crippen LogP contribution in [0.1, 0.15) is 0 Å². The lowest BCUT2D eigenvalue weighted by Gasteiger charge is -2.43. The first-order chi connectivity index (χ1) is 6.54. The minimum Gasteiger partial charge on any atom is -0.396 e. The van der Waals surface area contributed by atoms with Crippen molar-refractivity contribution in [2.24, 2.45) is 5.92 Å². The van der Waals surface area contributed by atoms with Crippen molar-refractivity contribution in [2.45, 2.75) is 30.5 Å². The summed E-state index contributed by atoms with van der Waals surface area (Å²) < 4.78 is 0. The predicted molar refractivity (Wildman–Crippen MR) is 54.7 cm³/mol. The van der Waals surface area contributed by atoms with Crippen LogP contribution >= 0.6 is 12.4 Å². The predicted octanol–water partition coefficient (Wildman–Crippen LogP) is -2.94. The fourth-order valence-corrected chi connectivity index (χ4v) is 1.94. The van der Waals surface area contributed by atoms with Crippen LogP contribution in [0.2, 0.25) is 0 Å². The van der Waals surface area contributed by atoms with E-state index in [1.54, 1.807) is 7.05 Å². The molecule has 0 saturated heterocycles. The zero-order valence-corrected chi connectivity index (χ0v) is 9.13. The summed E-state index contributed by atoms with van der Waals surface area (Å²) in [5, 5.41) is 49.4. The molecule has 6 nitrogen and oxygen atoms in total. The molecule has 2 unspecified atom stereocenters. The quantitative estimate of drug-likeness (QED) is 0.310. The molecule has 0 bridgehead atoms. The molecule has 6 N–H and O–H groups in total. The third kappa shape index (κ3) is 2.59. The monoisotopic (exact) mass is 243 g/mol. The average molecular weight is 244 g/mol. The Morgan fingerprint density at radius 3 is 1.80 bits per heavy atom. The summed E-state index contributed by atoms with van der Waals surface area (Å²) in [6.45, 7) is -0.368. The molecule has 0 aromatic heterocycles. The highest BCUT2D eigenvalue weighted by Crippen LogP contribution is 2.25. The number of hydrogen-bond donors (Lipinski definition) is 6. The van der Waals surface area contributed by atoms with Crippen molar-refractivity contribution in [2.75, 3.05) is 13.7 Å². The number of rotatable bonds is 2. The standard InChI is InChI=1S/C8H17NO5.ClH/c1-9-4-3(2-10)5(11)7(13)8(14)6(4)12;/h3-14H,2H2,1H3;1H/t3?,4?,5-,6+,7+,8+;/m1./s1. The molecular weight excluding hydrogens is 226 g/mol. The van der Waals surface area contributed by atoms with E-state index < -0.39 is 36.4 Å². The lowest BCUT2D eigenvalue weighted by Crippen LogP contribution is -2.65. The number of aliphatic hydroxyl groups is 5. The normalized spacial score (nSPS) is 46.0. The van der Waals surface area contributed by atoms with E-state index in [0.717, 1.165) is 0 Å². The molecule has 0 aliphatic heterocycles. The Morgan fingerprint density at radius 1 is 0.933 bits per heavy atom. The van der Waals surface area contributed by atoms with Crippen LogP contribution in [0.3, 0.4) is 0 Å². The number of nitrogens with one attached hydrogen (secondary N) is 1. The zero-order valence-electron chi connectivity index (χ0n) is 8.32. The second-order valence-electron chi connectivity index (χ2n) is 3.62. The highest BCUT2D eigenvalue weighted by atomic mass is 35.5. The van der Waals surface area contributed by atoms with Gasteiger partial charge in [0.05, 0.1) is 18.8 Å². The van der Waals surface area contributed by atoms with Gasteiger partial charge >= 0.3 is 0 Å². The van der Waals surface area contributed by atoms with Gasteiger partial charge in [-0.15, -0.1) is 12.4 Å². The van der Waals surface area contributed by atoms with Crippen molar-refractivity contribution in [3.05, 3.63) is 0 Å². The van der Waals surface area contributed by atoms with Crippen LogP contribution in [-0.2, 0) is 0 Å². The Morgan fingerprint density at radius 2 is 1.40 bits per heavy atom. The van der Waals surface area contributed by atoms with Gasteiger partial charge in [0.1, 0.15) is 12.2 Å². The molecule has 1 rings (SSSR count). The van der Waals surface area contributed by atoms with Crippen molar-refractivity contribution in [1.82, 2.24) is 5.32 Å². The maximum atomic E-state index is 9.53. The number of hydrogen-bond acceptors (Lipinski definition) is 6. The Balaban J connectivity index is 0.00000196. The van der Waals surface area contributed by atoms with Gasteiger partial charge in [0.25, 0.3) is 0 Å².